The second-order valence-corrected chi connectivity index (χ2v) is 4.78. The van der Waals surface area contributed by atoms with Gasteiger partial charge < -0.3 is 10.4 Å². The summed E-state index contributed by atoms with van der Waals surface area (Å²) in [6.07, 6.45) is 1.53. The van der Waals surface area contributed by atoms with Crippen LogP contribution >= 0.6 is 11.6 Å². The lowest BCUT2D eigenvalue weighted by Gasteiger charge is -2.12. The number of nitrogens with zero attached hydrogens (tertiary/aromatic N) is 4. The maximum absolute atomic E-state index is 9.92. The van der Waals surface area contributed by atoms with Gasteiger partial charge in [-0.05, 0) is 28.6 Å². The van der Waals surface area contributed by atoms with Gasteiger partial charge in [0.25, 0.3) is 0 Å². The minimum absolute atomic E-state index is 0.0894. The van der Waals surface area contributed by atoms with Gasteiger partial charge in [0.1, 0.15) is 12.1 Å². The summed E-state index contributed by atoms with van der Waals surface area (Å²) in [6, 6.07) is 12.9. The molecule has 2 N–H and O–H groups in total. The third kappa shape index (κ3) is 2.80. The molecule has 106 valence electrons. The van der Waals surface area contributed by atoms with Crippen molar-refractivity contribution in [2.45, 2.75) is 6.54 Å². The number of nitrogens with one attached hydrogen (secondary N) is 1. The summed E-state index contributed by atoms with van der Waals surface area (Å²) in [5.74, 6) is 0.0894. The number of anilines is 1. The predicted octanol–water partition coefficient (Wildman–Crippen LogP) is 2.63. The van der Waals surface area contributed by atoms with E-state index in [1.54, 1.807) is 16.8 Å². The van der Waals surface area contributed by atoms with Crippen LogP contribution in [0.1, 0.15) is 5.56 Å². The number of hydrogen-bond donors (Lipinski definition) is 2. The minimum atomic E-state index is 0.0894. The molecule has 0 atom stereocenters. The first-order valence-corrected chi connectivity index (χ1v) is 6.66. The normalized spacial score (nSPS) is 10.5. The van der Waals surface area contributed by atoms with Crippen LogP contribution in [0.5, 0.6) is 5.75 Å². The quantitative estimate of drug-likeness (QED) is 0.775. The fraction of sp³-hybridized carbons (Fsp3) is 0.0714. The van der Waals surface area contributed by atoms with Gasteiger partial charge in [-0.15, -0.1) is 5.10 Å². The third-order valence-electron chi connectivity index (χ3n) is 3.04. The summed E-state index contributed by atoms with van der Waals surface area (Å²) in [5.41, 5.74) is 2.39. The van der Waals surface area contributed by atoms with Gasteiger partial charge in [0, 0.05) is 12.1 Å². The molecule has 0 unspecified atom stereocenters. The zero-order valence-corrected chi connectivity index (χ0v) is 11.7. The van der Waals surface area contributed by atoms with E-state index in [-0.39, 0.29) is 5.75 Å². The van der Waals surface area contributed by atoms with Gasteiger partial charge in [-0.25, -0.2) is 0 Å². The van der Waals surface area contributed by atoms with Crippen molar-refractivity contribution < 1.29 is 5.11 Å². The first-order valence-electron chi connectivity index (χ1n) is 6.28. The number of hydrogen-bond acceptors (Lipinski definition) is 5. The fourth-order valence-electron chi connectivity index (χ4n) is 1.99. The number of aromatic nitrogens is 4. The van der Waals surface area contributed by atoms with Gasteiger partial charge in [-0.2, -0.15) is 4.68 Å². The minimum Gasteiger partial charge on any atom is -0.506 e. The molecule has 0 amide bonds. The van der Waals surface area contributed by atoms with Crippen molar-refractivity contribution in [1.29, 1.82) is 0 Å². The molecule has 3 rings (SSSR count). The number of aromatic hydroxyl groups is 1. The Morgan fingerprint density at radius 2 is 2.00 bits per heavy atom. The number of tetrazole rings is 1. The molecule has 0 aliphatic rings. The second kappa shape index (κ2) is 5.80. The number of benzene rings is 2. The highest BCUT2D eigenvalue weighted by Crippen LogP contribution is 2.28. The summed E-state index contributed by atoms with van der Waals surface area (Å²) in [5, 5.41) is 24.6. The summed E-state index contributed by atoms with van der Waals surface area (Å²) in [4.78, 5) is 0. The first kappa shape index (κ1) is 13.4. The van der Waals surface area contributed by atoms with Crippen LogP contribution < -0.4 is 5.32 Å². The molecule has 0 fully saturated rings. The molecule has 3 aromatic rings. The van der Waals surface area contributed by atoms with Gasteiger partial charge in [0.2, 0.25) is 0 Å². The largest absolute Gasteiger partial charge is 0.506 e. The lowest BCUT2D eigenvalue weighted by Crippen LogP contribution is -2.05. The number of rotatable bonds is 4. The van der Waals surface area contributed by atoms with Crippen LogP contribution in [0.4, 0.5) is 5.69 Å². The summed E-state index contributed by atoms with van der Waals surface area (Å²) < 4.78 is 1.57. The van der Waals surface area contributed by atoms with Gasteiger partial charge in [0.05, 0.1) is 16.4 Å². The Morgan fingerprint density at radius 1 is 1.14 bits per heavy atom. The Labute approximate surface area is 126 Å². The van der Waals surface area contributed by atoms with E-state index in [0.29, 0.717) is 17.1 Å². The van der Waals surface area contributed by atoms with Crippen LogP contribution in [0.25, 0.3) is 5.69 Å². The monoisotopic (exact) mass is 301 g/mol. The van der Waals surface area contributed by atoms with Crippen molar-refractivity contribution >= 4 is 17.3 Å². The molecule has 0 spiro atoms. The fourth-order valence-corrected chi connectivity index (χ4v) is 2.18. The van der Waals surface area contributed by atoms with Gasteiger partial charge in [-0.3, -0.25) is 0 Å². The van der Waals surface area contributed by atoms with E-state index >= 15 is 0 Å². The summed E-state index contributed by atoms with van der Waals surface area (Å²) in [7, 11) is 0. The molecule has 21 heavy (non-hydrogen) atoms. The van der Waals surface area contributed by atoms with Crippen LogP contribution in [0.15, 0.2) is 48.8 Å². The van der Waals surface area contributed by atoms with Crippen LogP contribution in [-0.2, 0) is 6.54 Å². The molecule has 7 heteroatoms. The third-order valence-corrected chi connectivity index (χ3v) is 3.34. The molecule has 1 heterocycles. The molecule has 0 saturated heterocycles. The molecule has 0 radical (unpaired) electrons. The number of halogens is 1. The highest BCUT2D eigenvalue weighted by molar-refractivity contribution is 6.32. The lowest BCUT2D eigenvalue weighted by molar-refractivity contribution is 0.469. The molecule has 0 aliphatic carbocycles. The zero-order valence-electron chi connectivity index (χ0n) is 10.9. The average molecular weight is 302 g/mol. The molecule has 6 nitrogen and oxygen atoms in total. The molecule has 0 aliphatic heterocycles. The van der Waals surface area contributed by atoms with Gasteiger partial charge in [0.15, 0.2) is 0 Å². The van der Waals surface area contributed by atoms with E-state index in [1.807, 2.05) is 30.3 Å². The molecule has 0 saturated carbocycles. The summed E-state index contributed by atoms with van der Waals surface area (Å²) in [6.45, 7) is 0.436. The maximum Gasteiger partial charge on any atom is 0.143 e. The zero-order chi connectivity index (χ0) is 14.7. The topological polar surface area (TPSA) is 75.9 Å². The lowest BCUT2D eigenvalue weighted by atomic mass is 10.2. The van der Waals surface area contributed by atoms with Crippen molar-refractivity contribution in [2.24, 2.45) is 0 Å². The van der Waals surface area contributed by atoms with E-state index < -0.39 is 0 Å². The summed E-state index contributed by atoms with van der Waals surface area (Å²) >= 11 is 5.90. The SMILES string of the molecule is Oc1c(Cl)cccc1CNc1ccccc1-n1cnnn1. The van der Waals surface area contributed by atoms with Crippen LogP contribution in [-0.4, -0.2) is 25.3 Å². The molecule has 2 aromatic carbocycles. The highest BCUT2D eigenvalue weighted by Gasteiger charge is 2.08. The van der Waals surface area contributed by atoms with E-state index in [1.165, 1.54) is 6.33 Å². The predicted molar refractivity (Wildman–Crippen MR) is 79.6 cm³/mol. The molecule has 0 bridgehead atoms. The Morgan fingerprint density at radius 3 is 2.81 bits per heavy atom. The van der Waals surface area contributed by atoms with E-state index in [2.05, 4.69) is 20.8 Å². The van der Waals surface area contributed by atoms with Crippen LogP contribution in [0.3, 0.4) is 0 Å². The molecular weight excluding hydrogens is 290 g/mol. The van der Waals surface area contributed by atoms with E-state index in [0.717, 1.165) is 11.4 Å². The average Bonchev–Trinajstić information content (AvgIpc) is 3.03. The highest BCUT2D eigenvalue weighted by atomic mass is 35.5. The second-order valence-electron chi connectivity index (χ2n) is 4.37. The van der Waals surface area contributed by atoms with Gasteiger partial charge >= 0.3 is 0 Å². The molecule has 1 aromatic heterocycles. The van der Waals surface area contributed by atoms with E-state index in [9.17, 15) is 5.11 Å². The van der Waals surface area contributed by atoms with Crippen LogP contribution in [0.2, 0.25) is 5.02 Å². The Balaban J connectivity index is 1.85. The van der Waals surface area contributed by atoms with Crippen molar-refractivity contribution in [1.82, 2.24) is 20.2 Å². The van der Waals surface area contributed by atoms with Crippen molar-refractivity contribution in [3.63, 3.8) is 0 Å². The number of phenols is 1. The Bertz CT molecular complexity index is 745. The number of para-hydroxylation sites is 3. The van der Waals surface area contributed by atoms with Crippen molar-refractivity contribution in [3.8, 4) is 11.4 Å². The number of phenolic OH excluding ortho intramolecular Hbond substituents is 1. The Hall–Kier alpha value is -2.60. The maximum atomic E-state index is 9.92. The molecular formula is C14H12ClN5O. The Kier molecular flexibility index (Phi) is 3.70. The first-order chi connectivity index (χ1) is 10.3. The van der Waals surface area contributed by atoms with Crippen LogP contribution in [0, 0.1) is 0 Å². The van der Waals surface area contributed by atoms with Crippen molar-refractivity contribution in [3.05, 3.63) is 59.4 Å². The standard InChI is InChI=1S/C14H12ClN5O/c15-11-5-3-4-10(14(11)21)8-16-12-6-1-2-7-13(12)20-9-17-18-19-20/h1-7,9,16,21H,8H2. The van der Waals surface area contributed by atoms with E-state index in [4.69, 9.17) is 11.6 Å². The van der Waals surface area contributed by atoms with Gasteiger partial charge in [-0.1, -0.05) is 35.9 Å². The van der Waals surface area contributed by atoms with Crippen molar-refractivity contribution in [2.75, 3.05) is 5.32 Å². The smallest absolute Gasteiger partial charge is 0.143 e.